The van der Waals surface area contributed by atoms with Crippen molar-refractivity contribution in [1.29, 1.82) is 0 Å². The van der Waals surface area contributed by atoms with Crippen molar-refractivity contribution in [2.24, 2.45) is 0 Å². The Morgan fingerprint density at radius 2 is 1.94 bits per heavy atom. The second-order valence-corrected chi connectivity index (χ2v) is 4.24. The van der Waals surface area contributed by atoms with E-state index < -0.39 is 0 Å². The number of esters is 1. The molecule has 0 fully saturated rings. The van der Waals surface area contributed by atoms with Crippen LogP contribution < -0.4 is 0 Å². The van der Waals surface area contributed by atoms with E-state index in [1.54, 1.807) is 12.1 Å². The molecule has 4 nitrogen and oxygen atoms in total. The average Bonchev–Trinajstić information content (AvgIpc) is 2.30. The minimum absolute atomic E-state index is 0.238. The predicted molar refractivity (Wildman–Crippen MR) is 65.7 cm³/mol. The smallest absolute Gasteiger partial charge is 0.319 e. The maximum atomic E-state index is 11.3. The van der Waals surface area contributed by atoms with Gasteiger partial charge in [0.05, 0.1) is 13.7 Å². The van der Waals surface area contributed by atoms with Gasteiger partial charge in [-0.25, -0.2) is 0 Å². The molecular formula is C13H19NO3. The molecule has 1 rings (SSSR count). The number of hydrogen-bond donors (Lipinski definition) is 1. The summed E-state index contributed by atoms with van der Waals surface area (Å²) in [5.41, 5.74) is 1.06. The molecule has 1 N–H and O–H groups in total. The van der Waals surface area contributed by atoms with Crippen LogP contribution >= 0.6 is 0 Å². The van der Waals surface area contributed by atoms with Gasteiger partial charge in [-0.15, -0.1) is 0 Å². The van der Waals surface area contributed by atoms with Crippen LogP contribution in [0.2, 0.25) is 0 Å². The Morgan fingerprint density at radius 3 is 2.41 bits per heavy atom. The van der Waals surface area contributed by atoms with Crippen molar-refractivity contribution in [3.63, 3.8) is 0 Å². The summed E-state index contributed by atoms with van der Waals surface area (Å²) in [6, 6.07) is 7.24. The molecule has 0 spiro atoms. The van der Waals surface area contributed by atoms with Gasteiger partial charge in [0.1, 0.15) is 5.75 Å². The van der Waals surface area contributed by atoms with Crippen molar-refractivity contribution >= 4 is 5.97 Å². The molecule has 0 aromatic heterocycles. The highest BCUT2D eigenvalue weighted by atomic mass is 16.5. The van der Waals surface area contributed by atoms with E-state index in [0.717, 1.165) is 5.56 Å². The number of phenols is 1. The average molecular weight is 237 g/mol. The number of carbonyl (C=O) groups is 1. The number of rotatable bonds is 5. The van der Waals surface area contributed by atoms with Crippen LogP contribution in [-0.2, 0) is 16.1 Å². The zero-order chi connectivity index (χ0) is 12.8. The molecule has 0 saturated carbocycles. The van der Waals surface area contributed by atoms with Crippen LogP contribution in [0.3, 0.4) is 0 Å². The van der Waals surface area contributed by atoms with Crippen molar-refractivity contribution in [1.82, 2.24) is 4.90 Å². The molecule has 94 valence electrons. The third-order valence-electron chi connectivity index (χ3n) is 2.61. The van der Waals surface area contributed by atoms with Gasteiger partial charge in [-0.3, -0.25) is 9.69 Å². The van der Waals surface area contributed by atoms with E-state index in [1.165, 1.54) is 7.11 Å². The Hall–Kier alpha value is -1.55. The molecule has 0 bridgehead atoms. The van der Waals surface area contributed by atoms with Crippen molar-refractivity contribution in [3.8, 4) is 5.75 Å². The van der Waals surface area contributed by atoms with Gasteiger partial charge in [-0.1, -0.05) is 12.1 Å². The van der Waals surface area contributed by atoms with E-state index in [9.17, 15) is 9.90 Å². The van der Waals surface area contributed by atoms with Crippen LogP contribution in [0.1, 0.15) is 19.4 Å². The molecule has 0 amide bonds. The third-order valence-corrected chi connectivity index (χ3v) is 2.61. The predicted octanol–water partition coefficient (Wildman–Crippen LogP) is 1.78. The SMILES string of the molecule is COC(=O)CN(Cc1ccc(O)cc1)C(C)C. The lowest BCUT2D eigenvalue weighted by Crippen LogP contribution is -2.35. The number of hydrogen-bond acceptors (Lipinski definition) is 4. The Labute approximate surface area is 102 Å². The van der Waals surface area contributed by atoms with Crippen LogP contribution in [0.15, 0.2) is 24.3 Å². The van der Waals surface area contributed by atoms with Gasteiger partial charge in [0, 0.05) is 12.6 Å². The first-order valence-electron chi connectivity index (χ1n) is 5.61. The largest absolute Gasteiger partial charge is 0.508 e. The highest BCUT2D eigenvalue weighted by molar-refractivity contribution is 5.71. The molecule has 1 aromatic rings. The van der Waals surface area contributed by atoms with E-state index >= 15 is 0 Å². The first kappa shape index (κ1) is 13.5. The number of ether oxygens (including phenoxy) is 1. The highest BCUT2D eigenvalue weighted by Gasteiger charge is 2.14. The second kappa shape index (κ2) is 6.25. The molecule has 4 heteroatoms. The fraction of sp³-hybridized carbons (Fsp3) is 0.462. The quantitative estimate of drug-likeness (QED) is 0.793. The molecular weight excluding hydrogens is 218 g/mol. The lowest BCUT2D eigenvalue weighted by Gasteiger charge is -2.25. The zero-order valence-corrected chi connectivity index (χ0v) is 10.5. The normalized spacial score (nSPS) is 10.9. The number of methoxy groups -OCH3 is 1. The second-order valence-electron chi connectivity index (χ2n) is 4.24. The standard InChI is InChI=1S/C13H19NO3/c1-10(2)14(9-13(16)17-3)8-11-4-6-12(15)7-5-11/h4-7,10,15H,8-9H2,1-3H3. The van der Waals surface area contributed by atoms with E-state index in [2.05, 4.69) is 4.74 Å². The maximum Gasteiger partial charge on any atom is 0.319 e. The van der Waals surface area contributed by atoms with Gasteiger partial charge in [0.25, 0.3) is 0 Å². The lowest BCUT2D eigenvalue weighted by molar-refractivity contribution is -0.142. The summed E-state index contributed by atoms with van der Waals surface area (Å²) >= 11 is 0. The van der Waals surface area contributed by atoms with E-state index in [1.807, 2.05) is 30.9 Å². The minimum Gasteiger partial charge on any atom is -0.508 e. The van der Waals surface area contributed by atoms with Crippen LogP contribution in [0.4, 0.5) is 0 Å². The number of benzene rings is 1. The van der Waals surface area contributed by atoms with Gasteiger partial charge in [-0.05, 0) is 31.5 Å². The van der Waals surface area contributed by atoms with Crippen molar-refractivity contribution in [3.05, 3.63) is 29.8 Å². The molecule has 0 heterocycles. The first-order chi connectivity index (χ1) is 8.02. The molecule has 0 aliphatic heterocycles. The molecule has 17 heavy (non-hydrogen) atoms. The minimum atomic E-state index is -0.238. The van der Waals surface area contributed by atoms with Crippen LogP contribution in [-0.4, -0.2) is 35.7 Å². The fourth-order valence-corrected chi connectivity index (χ4v) is 1.49. The van der Waals surface area contributed by atoms with Crippen molar-refractivity contribution < 1.29 is 14.6 Å². The zero-order valence-electron chi connectivity index (χ0n) is 10.5. The van der Waals surface area contributed by atoms with Crippen LogP contribution in [0.25, 0.3) is 0 Å². The van der Waals surface area contributed by atoms with Crippen molar-refractivity contribution in [2.75, 3.05) is 13.7 Å². The summed E-state index contributed by atoms with van der Waals surface area (Å²) < 4.78 is 4.67. The fourth-order valence-electron chi connectivity index (χ4n) is 1.49. The number of aromatic hydroxyl groups is 1. The summed E-state index contributed by atoms with van der Waals surface area (Å²) in [4.78, 5) is 13.3. The summed E-state index contributed by atoms with van der Waals surface area (Å²) in [6.07, 6.45) is 0. The van der Waals surface area contributed by atoms with E-state index in [4.69, 9.17) is 0 Å². The summed E-state index contributed by atoms with van der Waals surface area (Å²) in [7, 11) is 1.39. The van der Waals surface area contributed by atoms with Gasteiger partial charge in [-0.2, -0.15) is 0 Å². The Bertz CT molecular complexity index is 359. The van der Waals surface area contributed by atoms with E-state index in [0.29, 0.717) is 6.54 Å². The topological polar surface area (TPSA) is 49.8 Å². The molecule has 0 radical (unpaired) electrons. The Morgan fingerprint density at radius 1 is 1.35 bits per heavy atom. The third kappa shape index (κ3) is 4.44. The van der Waals surface area contributed by atoms with Crippen LogP contribution in [0.5, 0.6) is 5.75 Å². The Balaban J connectivity index is 2.66. The molecule has 0 unspecified atom stereocenters. The van der Waals surface area contributed by atoms with Crippen molar-refractivity contribution in [2.45, 2.75) is 26.4 Å². The monoisotopic (exact) mass is 237 g/mol. The molecule has 1 aromatic carbocycles. The van der Waals surface area contributed by atoms with Gasteiger partial charge < -0.3 is 9.84 Å². The number of carbonyl (C=O) groups excluding carboxylic acids is 1. The van der Waals surface area contributed by atoms with E-state index in [-0.39, 0.29) is 24.3 Å². The lowest BCUT2D eigenvalue weighted by atomic mass is 10.2. The molecule has 0 saturated heterocycles. The highest BCUT2D eigenvalue weighted by Crippen LogP contribution is 2.13. The van der Waals surface area contributed by atoms with Gasteiger partial charge in [0.2, 0.25) is 0 Å². The summed E-state index contributed by atoms with van der Waals surface area (Å²) in [5.74, 6) is 0.00953. The summed E-state index contributed by atoms with van der Waals surface area (Å²) in [6.45, 7) is 4.99. The number of nitrogens with zero attached hydrogens (tertiary/aromatic N) is 1. The first-order valence-corrected chi connectivity index (χ1v) is 5.61. The van der Waals surface area contributed by atoms with Crippen LogP contribution in [0, 0.1) is 0 Å². The summed E-state index contributed by atoms with van der Waals surface area (Å²) in [5, 5.41) is 9.20. The maximum absolute atomic E-state index is 11.3. The Kier molecular flexibility index (Phi) is 4.97. The van der Waals surface area contributed by atoms with Gasteiger partial charge in [0.15, 0.2) is 0 Å². The molecule has 0 aliphatic carbocycles. The van der Waals surface area contributed by atoms with Gasteiger partial charge >= 0.3 is 5.97 Å². The molecule has 0 atom stereocenters. The number of phenolic OH excluding ortho intramolecular Hbond substituents is 1. The molecule has 0 aliphatic rings.